The Hall–Kier alpha value is -0.850. The molecule has 1 heteroatoms. The minimum Gasteiger partial charge on any atom is -0.264 e. The van der Waals surface area contributed by atoms with Crippen LogP contribution in [0.4, 0.5) is 0 Å². The van der Waals surface area contributed by atoms with Gasteiger partial charge in [0.15, 0.2) is 0 Å². The van der Waals surface area contributed by atoms with Gasteiger partial charge in [0.25, 0.3) is 0 Å². The molecule has 1 aromatic heterocycles. The van der Waals surface area contributed by atoms with E-state index in [9.17, 15) is 0 Å². The predicted molar refractivity (Wildman–Crippen MR) is 61.5 cm³/mol. The van der Waals surface area contributed by atoms with E-state index in [2.05, 4.69) is 38.7 Å². The van der Waals surface area contributed by atoms with Crippen molar-refractivity contribution in [2.75, 3.05) is 0 Å². The Bertz CT molecular complexity index is 293. The summed E-state index contributed by atoms with van der Waals surface area (Å²) in [7, 11) is 0. The van der Waals surface area contributed by atoms with Gasteiger partial charge in [-0.3, -0.25) is 4.98 Å². The minimum absolute atomic E-state index is 0.313. The molecule has 0 fully saturated rings. The maximum absolute atomic E-state index is 4.28. The number of aryl methyl sites for hydroxylation is 1. The van der Waals surface area contributed by atoms with Crippen LogP contribution < -0.4 is 0 Å². The van der Waals surface area contributed by atoms with Crippen molar-refractivity contribution in [3.63, 3.8) is 0 Å². The lowest BCUT2D eigenvalue weighted by atomic mass is 9.77. The molecule has 0 aliphatic heterocycles. The number of nitrogens with zero attached hydrogens (tertiary/aromatic N) is 1. The van der Waals surface area contributed by atoms with Crippen LogP contribution in [0.2, 0.25) is 0 Å². The summed E-state index contributed by atoms with van der Waals surface area (Å²) in [5, 5.41) is 0. The van der Waals surface area contributed by atoms with Crippen LogP contribution in [0.3, 0.4) is 0 Å². The maximum Gasteiger partial charge on any atom is 0.0305 e. The first-order valence-electron chi connectivity index (χ1n) is 5.54. The second-order valence-corrected chi connectivity index (χ2v) is 4.42. The lowest BCUT2D eigenvalue weighted by molar-refractivity contribution is 0.412. The highest BCUT2D eigenvalue weighted by Gasteiger charge is 2.23. The van der Waals surface area contributed by atoms with Gasteiger partial charge in [0.2, 0.25) is 0 Å². The van der Waals surface area contributed by atoms with Crippen LogP contribution in [0.25, 0.3) is 0 Å². The molecule has 0 radical (unpaired) electrons. The van der Waals surface area contributed by atoms with Crippen molar-refractivity contribution in [3.05, 3.63) is 29.6 Å². The highest BCUT2D eigenvalue weighted by molar-refractivity contribution is 5.24. The van der Waals surface area contributed by atoms with E-state index in [0.717, 1.165) is 0 Å². The Balaban J connectivity index is 2.99. The van der Waals surface area contributed by atoms with Crippen molar-refractivity contribution in [1.29, 1.82) is 0 Å². The van der Waals surface area contributed by atoms with Crippen LogP contribution in [0.15, 0.2) is 18.5 Å². The Kier molecular flexibility index (Phi) is 3.68. The van der Waals surface area contributed by atoms with E-state index < -0.39 is 0 Å². The van der Waals surface area contributed by atoms with Crippen LogP contribution in [-0.4, -0.2) is 4.98 Å². The molecule has 0 aliphatic rings. The third kappa shape index (κ3) is 2.34. The van der Waals surface area contributed by atoms with Gasteiger partial charge in [0.1, 0.15) is 0 Å². The molecule has 78 valence electrons. The fourth-order valence-electron chi connectivity index (χ4n) is 1.96. The third-order valence-corrected chi connectivity index (χ3v) is 3.15. The van der Waals surface area contributed by atoms with Crippen molar-refractivity contribution >= 4 is 0 Å². The minimum atomic E-state index is 0.313. The normalized spacial score (nSPS) is 15.1. The second-order valence-electron chi connectivity index (χ2n) is 4.42. The molecular formula is C13H21N. The molecule has 0 amide bonds. The molecule has 14 heavy (non-hydrogen) atoms. The van der Waals surface area contributed by atoms with E-state index in [0.29, 0.717) is 5.41 Å². The first-order chi connectivity index (χ1) is 6.62. The summed E-state index contributed by atoms with van der Waals surface area (Å²) < 4.78 is 0. The summed E-state index contributed by atoms with van der Waals surface area (Å²) >= 11 is 0. The average Bonchev–Trinajstić information content (AvgIpc) is 2.18. The summed E-state index contributed by atoms with van der Waals surface area (Å²) in [5.74, 6) is 0. The van der Waals surface area contributed by atoms with Crippen molar-refractivity contribution in [2.24, 2.45) is 0 Å². The Morgan fingerprint density at radius 1 is 1.29 bits per heavy atom. The standard InChI is InChI=1S/C13H21N/c1-5-7-13(4,6-2)12-8-11(3)9-14-10-12/h8-10H,5-7H2,1-4H3. The summed E-state index contributed by atoms with van der Waals surface area (Å²) in [4.78, 5) is 4.28. The van der Waals surface area contributed by atoms with E-state index in [1.54, 1.807) is 0 Å². The predicted octanol–water partition coefficient (Wildman–Crippen LogP) is 3.86. The number of rotatable bonds is 4. The molecule has 0 spiro atoms. The summed E-state index contributed by atoms with van der Waals surface area (Å²) in [6, 6.07) is 2.27. The summed E-state index contributed by atoms with van der Waals surface area (Å²) in [6.07, 6.45) is 7.61. The van der Waals surface area contributed by atoms with E-state index in [4.69, 9.17) is 0 Å². The summed E-state index contributed by atoms with van der Waals surface area (Å²) in [5.41, 5.74) is 2.97. The number of pyridine rings is 1. The highest BCUT2D eigenvalue weighted by Crippen LogP contribution is 2.32. The van der Waals surface area contributed by atoms with Crippen LogP contribution in [0, 0.1) is 6.92 Å². The third-order valence-electron chi connectivity index (χ3n) is 3.15. The second kappa shape index (κ2) is 4.59. The maximum atomic E-state index is 4.28. The van der Waals surface area contributed by atoms with Crippen molar-refractivity contribution < 1.29 is 0 Å². The van der Waals surface area contributed by atoms with E-state index in [-0.39, 0.29) is 0 Å². The lowest BCUT2D eigenvalue weighted by Gasteiger charge is -2.28. The van der Waals surface area contributed by atoms with Gasteiger partial charge in [-0.25, -0.2) is 0 Å². The highest BCUT2D eigenvalue weighted by atomic mass is 14.6. The number of hydrogen-bond donors (Lipinski definition) is 0. The molecule has 1 nitrogen and oxygen atoms in total. The number of aromatic nitrogens is 1. The smallest absolute Gasteiger partial charge is 0.0305 e. The molecule has 0 bridgehead atoms. The zero-order valence-electron chi connectivity index (χ0n) is 9.80. The fraction of sp³-hybridized carbons (Fsp3) is 0.615. The first kappa shape index (κ1) is 11.2. The molecular weight excluding hydrogens is 170 g/mol. The van der Waals surface area contributed by atoms with Gasteiger partial charge in [-0.2, -0.15) is 0 Å². The van der Waals surface area contributed by atoms with E-state index >= 15 is 0 Å². The van der Waals surface area contributed by atoms with Gasteiger partial charge < -0.3 is 0 Å². The van der Waals surface area contributed by atoms with Crippen LogP contribution in [-0.2, 0) is 5.41 Å². The average molecular weight is 191 g/mol. The molecule has 0 saturated carbocycles. The molecule has 0 aromatic carbocycles. The van der Waals surface area contributed by atoms with Crippen molar-refractivity contribution in [1.82, 2.24) is 4.98 Å². The first-order valence-corrected chi connectivity index (χ1v) is 5.54. The molecule has 0 N–H and O–H groups in total. The Labute approximate surface area is 87.6 Å². The Morgan fingerprint density at radius 3 is 2.50 bits per heavy atom. The van der Waals surface area contributed by atoms with Gasteiger partial charge in [-0.05, 0) is 36.3 Å². The van der Waals surface area contributed by atoms with Crippen LogP contribution in [0.5, 0.6) is 0 Å². The molecule has 0 saturated heterocycles. The molecule has 1 aromatic rings. The molecule has 1 heterocycles. The van der Waals surface area contributed by atoms with Crippen molar-refractivity contribution in [3.8, 4) is 0 Å². The quantitative estimate of drug-likeness (QED) is 0.704. The number of hydrogen-bond acceptors (Lipinski definition) is 1. The molecule has 1 atom stereocenters. The van der Waals surface area contributed by atoms with Crippen LogP contribution in [0.1, 0.15) is 51.2 Å². The van der Waals surface area contributed by atoms with Gasteiger partial charge in [-0.15, -0.1) is 0 Å². The van der Waals surface area contributed by atoms with E-state index in [1.807, 2.05) is 12.4 Å². The molecule has 1 rings (SSSR count). The molecule has 1 unspecified atom stereocenters. The monoisotopic (exact) mass is 191 g/mol. The van der Waals surface area contributed by atoms with Gasteiger partial charge >= 0.3 is 0 Å². The Morgan fingerprint density at radius 2 is 2.00 bits per heavy atom. The van der Waals surface area contributed by atoms with Gasteiger partial charge in [0, 0.05) is 12.4 Å². The van der Waals surface area contributed by atoms with Crippen molar-refractivity contribution in [2.45, 2.75) is 52.4 Å². The summed E-state index contributed by atoms with van der Waals surface area (Å²) in [6.45, 7) is 8.96. The zero-order valence-corrected chi connectivity index (χ0v) is 9.80. The topological polar surface area (TPSA) is 12.9 Å². The van der Waals surface area contributed by atoms with Crippen LogP contribution >= 0.6 is 0 Å². The lowest BCUT2D eigenvalue weighted by Crippen LogP contribution is -2.20. The van der Waals surface area contributed by atoms with Gasteiger partial charge in [0.05, 0.1) is 0 Å². The fourth-order valence-corrected chi connectivity index (χ4v) is 1.96. The zero-order chi connectivity index (χ0) is 10.6. The van der Waals surface area contributed by atoms with Gasteiger partial charge in [-0.1, -0.05) is 33.3 Å². The van der Waals surface area contributed by atoms with E-state index in [1.165, 1.54) is 30.4 Å². The largest absolute Gasteiger partial charge is 0.264 e. The molecule has 0 aliphatic carbocycles. The SMILES string of the molecule is CCCC(C)(CC)c1cncc(C)c1.